The first kappa shape index (κ1) is 14.7. The lowest BCUT2D eigenvalue weighted by Gasteiger charge is -2.16. The van der Waals surface area contributed by atoms with Gasteiger partial charge in [0.25, 0.3) is 0 Å². The van der Waals surface area contributed by atoms with Gasteiger partial charge in [-0.15, -0.1) is 0 Å². The monoisotopic (exact) mass is 303 g/mol. The van der Waals surface area contributed by atoms with Crippen LogP contribution in [0.15, 0.2) is 30.5 Å². The summed E-state index contributed by atoms with van der Waals surface area (Å²) in [6.45, 7) is 1.80. The third-order valence-corrected chi connectivity index (χ3v) is 3.95. The topological polar surface area (TPSA) is 54.5 Å². The smallest absolute Gasteiger partial charge is 0.409 e. The number of likely N-dealkylation sites (tertiary alicyclic amines) is 1. The van der Waals surface area contributed by atoms with Gasteiger partial charge in [0.15, 0.2) is 0 Å². The number of benzene rings is 1. The summed E-state index contributed by atoms with van der Waals surface area (Å²) in [5.41, 5.74) is 1.63. The maximum absolute atomic E-state index is 13.7. The maximum Gasteiger partial charge on any atom is 0.409 e. The fourth-order valence-corrected chi connectivity index (χ4v) is 2.84. The van der Waals surface area contributed by atoms with Gasteiger partial charge >= 0.3 is 6.09 Å². The molecule has 1 saturated heterocycles. The van der Waals surface area contributed by atoms with E-state index in [0.29, 0.717) is 19.6 Å². The second kappa shape index (κ2) is 6.27. The average molecular weight is 303 g/mol. The first-order valence-electron chi connectivity index (χ1n) is 7.27. The number of rotatable bonds is 3. The van der Waals surface area contributed by atoms with Crippen LogP contribution in [0, 0.1) is 5.82 Å². The minimum Gasteiger partial charge on any atom is -0.453 e. The number of aromatic nitrogens is 1. The molecular formula is C16H18FN3O2. The fourth-order valence-electron chi connectivity index (χ4n) is 2.84. The van der Waals surface area contributed by atoms with Crippen molar-refractivity contribution in [2.24, 2.45) is 0 Å². The quantitative estimate of drug-likeness (QED) is 0.945. The Bertz CT molecular complexity index is 692. The van der Waals surface area contributed by atoms with E-state index < -0.39 is 0 Å². The zero-order valence-electron chi connectivity index (χ0n) is 12.4. The predicted molar refractivity (Wildman–Crippen MR) is 80.9 cm³/mol. The zero-order chi connectivity index (χ0) is 15.5. The summed E-state index contributed by atoms with van der Waals surface area (Å²) in [4.78, 5) is 17.5. The van der Waals surface area contributed by atoms with Crippen LogP contribution in [0.5, 0.6) is 0 Å². The molecule has 1 aliphatic rings. The summed E-state index contributed by atoms with van der Waals surface area (Å²) >= 11 is 0. The van der Waals surface area contributed by atoms with Gasteiger partial charge in [0.05, 0.1) is 12.6 Å². The molecule has 1 aliphatic heterocycles. The Hall–Kier alpha value is -2.21. The molecule has 3 rings (SSSR count). The Kier molecular flexibility index (Phi) is 4.20. The standard InChI is InChI=1S/C16H18FN3O2/c1-22-16(21)20-6-4-14(10-20)19-9-12-8-13(17)7-11-3-2-5-18-15(11)12/h2-3,5,7-8,14,19H,4,6,9-10H2,1H3/t14-/m1/s1. The molecule has 6 heteroatoms. The summed E-state index contributed by atoms with van der Waals surface area (Å²) in [7, 11) is 1.38. The molecule has 5 nitrogen and oxygen atoms in total. The van der Waals surface area contributed by atoms with Crippen molar-refractivity contribution in [3.8, 4) is 0 Å². The first-order chi connectivity index (χ1) is 10.7. The molecule has 116 valence electrons. The van der Waals surface area contributed by atoms with Gasteiger partial charge < -0.3 is 15.0 Å². The maximum atomic E-state index is 13.7. The van der Waals surface area contributed by atoms with Gasteiger partial charge in [-0.25, -0.2) is 9.18 Å². The highest BCUT2D eigenvalue weighted by atomic mass is 19.1. The van der Waals surface area contributed by atoms with Crippen LogP contribution in [0.2, 0.25) is 0 Å². The number of amides is 1. The molecule has 1 aromatic carbocycles. The van der Waals surface area contributed by atoms with Crippen LogP contribution in [-0.2, 0) is 11.3 Å². The molecule has 0 spiro atoms. The molecule has 0 unspecified atom stereocenters. The molecule has 1 fully saturated rings. The van der Waals surface area contributed by atoms with Crippen molar-refractivity contribution in [2.45, 2.75) is 19.0 Å². The lowest BCUT2D eigenvalue weighted by Crippen LogP contribution is -2.34. The summed E-state index contributed by atoms with van der Waals surface area (Å²) in [6, 6.07) is 6.82. The summed E-state index contributed by atoms with van der Waals surface area (Å²) in [6.07, 6.45) is 2.26. The molecule has 0 bridgehead atoms. The molecule has 2 heterocycles. The Morgan fingerprint density at radius 2 is 2.41 bits per heavy atom. The lowest BCUT2D eigenvalue weighted by atomic mass is 10.1. The molecule has 22 heavy (non-hydrogen) atoms. The molecule has 1 atom stereocenters. The van der Waals surface area contributed by atoms with Crippen LogP contribution in [0.25, 0.3) is 10.9 Å². The minimum atomic E-state index is -0.304. The Morgan fingerprint density at radius 1 is 1.55 bits per heavy atom. The molecule has 2 aromatic rings. The van der Waals surface area contributed by atoms with Crippen molar-refractivity contribution in [2.75, 3.05) is 20.2 Å². The van der Waals surface area contributed by atoms with Crippen molar-refractivity contribution >= 4 is 17.0 Å². The van der Waals surface area contributed by atoms with Crippen molar-refractivity contribution in [3.05, 3.63) is 41.8 Å². The number of methoxy groups -OCH3 is 1. The molecule has 1 N–H and O–H groups in total. The van der Waals surface area contributed by atoms with E-state index in [0.717, 1.165) is 22.9 Å². The van der Waals surface area contributed by atoms with E-state index in [9.17, 15) is 9.18 Å². The van der Waals surface area contributed by atoms with Crippen LogP contribution < -0.4 is 5.32 Å². The van der Waals surface area contributed by atoms with E-state index >= 15 is 0 Å². The number of hydrogen-bond acceptors (Lipinski definition) is 4. The SMILES string of the molecule is COC(=O)N1CC[C@@H](NCc2cc(F)cc3cccnc23)C1. The molecule has 0 saturated carbocycles. The second-order valence-corrected chi connectivity index (χ2v) is 5.42. The van der Waals surface area contributed by atoms with Crippen LogP contribution >= 0.6 is 0 Å². The Labute approximate surface area is 128 Å². The number of ether oxygens (including phenoxy) is 1. The van der Waals surface area contributed by atoms with E-state index in [-0.39, 0.29) is 18.0 Å². The van der Waals surface area contributed by atoms with Gasteiger partial charge in [0.1, 0.15) is 5.82 Å². The van der Waals surface area contributed by atoms with E-state index in [1.165, 1.54) is 19.2 Å². The molecule has 1 amide bonds. The minimum absolute atomic E-state index is 0.182. The third-order valence-electron chi connectivity index (χ3n) is 3.95. The Balaban J connectivity index is 1.69. The lowest BCUT2D eigenvalue weighted by molar-refractivity contribution is 0.132. The van der Waals surface area contributed by atoms with Gasteiger partial charge in [0, 0.05) is 37.3 Å². The van der Waals surface area contributed by atoms with Crippen molar-refractivity contribution in [1.29, 1.82) is 0 Å². The highest BCUT2D eigenvalue weighted by molar-refractivity contribution is 5.81. The van der Waals surface area contributed by atoms with E-state index in [1.54, 1.807) is 17.2 Å². The van der Waals surface area contributed by atoms with Crippen LogP contribution in [0.1, 0.15) is 12.0 Å². The molecule has 0 aliphatic carbocycles. The number of fused-ring (bicyclic) bond motifs is 1. The van der Waals surface area contributed by atoms with Gasteiger partial charge in [0.2, 0.25) is 0 Å². The van der Waals surface area contributed by atoms with Crippen molar-refractivity contribution in [1.82, 2.24) is 15.2 Å². The highest BCUT2D eigenvalue weighted by Crippen LogP contribution is 2.19. The number of nitrogens with one attached hydrogen (secondary N) is 1. The molecule has 0 radical (unpaired) electrons. The predicted octanol–water partition coefficient (Wildman–Crippen LogP) is 2.30. The van der Waals surface area contributed by atoms with E-state index in [4.69, 9.17) is 4.74 Å². The summed E-state index contributed by atoms with van der Waals surface area (Å²) in [5.74, 6) is -0.264. The number of hydrogen-bond donors (Lipinski definition) is 1. The van der Waals surface area contributed by atoms with Crippen LogP contribution in [-0.4, -0.2) is 42.2 Å². The largest absolute Gasteiger partial charge is 0.453 e. The first-order valence-corrected chi connectivity index (χ1v) is 7.27. The number of carbonyl (C=O) groups is 1. The Morgan fingerprint density at radius 3 is 3.23 bits per heavy atom. The van der Waals surface area contributed by atoms with Crippen molar-refractivity contribution in [3.63, 3.8) is 0 Å². The summed E-state index contributed by atoms with van der Waals surface area (Å²) < 4.78 is 18.4. The normalized spacial score (nSPS) is 17.9. The third kappa shape index (κ3) is 3.01. The fraction of sp³-hybridized carbons (Fsp3) is 0.375. The van der Waals surface area contributed by atoms with Crippen LogP contribution in [0.4, 0.5) is 9.18 Å². The van der Waals surface area contributed by atoms with Crippen molar-refractivity contribution < 1.29 is 13.9 Å². The van der Waals surface area contributed by atoms with Crippen LogP contribution in [0.3, 0.4) is 0 Å². The number of pyridine rings is 1. The molecular weight excluding hydrogens is 285 g/mol. The van der Waals surface area contributed by atoms with Gasteiger partial charge in [-0.2, -0.15) is 0 Å². The van der Waals surface area contributed by atoms with E-state index in [2.05, 4.69) is 10.3 Å². The van der Waals surface area contributed by atoms with Gasteiger partial charge in [-0.05, 0) is 30.2 Å². The number of carbonyl (C=O) groups excluding carboxylic acids is 1. The number of halogens is 1. The average Bonchev–Trinajstić information content (AvgIpc) is 3.00. The van der Waals surface area contributed by atoms with Gasteiger partial charge in [-0.3, -0.25) is 4.98 Å². The summed E-state index contributed by atoms with van der Waals surface area (Å²) in [5, 5.41) is 4.16. The van der Waals surface area contributed by atoms with Gasteiger partial charge in [-0.1, -0.05) is 6.07 Å². The number of nitrogens with zero attached hydrogens (tertiary/aromatic N) is 2. The highest BCUT2D eigenvalue weighted by Gasteiger charge is 2.26. The van der Waals surface area contributed by atoms with E-state index in [1.807, 2.05) is 6.07 Å². The molecule has 1 aromatic heterocycles. The zero-order valence-corrected chi connectivity index (χ0v) is 12.4. The second-order valence-electron chi connectivity index (χ2n) is 5.42.